The summed E-state index contributed by atoms with van der Waals surface area (Å²) in [5.74, 6) is 0.00430. The van der Waals surface area contributed by atoms with Crippen LogP contribution in [0.3, 0.4) is 0 Å². The second kappa shape index (κ2) is 9.30. The monoisotopic (exact) mass is 428 g/mol. The van der Waals surface area contributed by atoms with Crippen LogP contribution in [0.25, 0.3) is 0 Å². The maximum atomic E-state index is 10.8. The number of nitrogen functional groups attached to an aromatic ring is 1. The summed E-state index contributed by atoms with van der Waals surface area (Å²) in [5, 5.41) is 16.5. The molecule has 0 bridgehead atoms. The number of carboxylic acids is 1. The molecule has 0 aliphatic carbocycles. The maximum Gasteiger partial charge on any atom is 0.303 e. The first-order valence-electron chi connectivity index (χ1n) is 10.3. The van der Waals surface area contributed by atoms with Gasteiger partial charge in [-0.3, -0.25) is 15.2 Å². The van der Waals surface area contributed by atoms with Gasteiger partial charge in [0, 0.05) is 42.6 Å². The Morgan fingerprint density at radius 1 is 1.03 bits per heavy atom. The lowest BCUT2D eigenvalue weighted by atomic mass is 10.1. The van der Waals surface area contributed by atoms with Crippen molar-refractivity contribution in [2.45, 2.75) is 12.8 Å². The Balaban J connectivity index is 1.65. The van der Waals surface area contributed by atoms with Gasteiger partial charge in [-0.15, -0.1) is 0 Å². The number of benzene rings is 2. The highest BCUT2D eigenvalue weighted by molar-refractivity contribution is 6.10. The second-order valence-electron chi connectivity index (χ2n) is 7.45. The molecule has 1 fully saturated rings. The van der Waals surface area contributed by atoms with E-state index in [4.69, 9.17) is 21.2 Å². The molecule has 0 spiro atoms. The first-order valence-corrected chi connectivity index (χ1v) is 10.3. The number of guanidine groups is 1. The summed E-state index contributed by atoms with van der Waals surface area (Å²) in [5.41, 5.74) is 9.94. The zero-order chi connectivity index (χ0) is 22.5. The van der Waals surface area contributed by atoms with Gasteiger partial charge in [0.15, 0.2) is 0 Å². The van der Waals surface area contributed by atoms with Gasteiger partial charge in [-0.1, -0.05) is 12.1 Å². The zero-order valence-corrected chi connectivity index (χ0v) is 17.5. The van der Waals surface area contributed by atoms with Crippen LogP contribution in [-0.2, 0) is 11.2 Å². The molecule has 1 aliphatic rings. The molecule has 162 valence electrons. The fourth-order valence-electron chi connectivity index (χ4n) is 3.61. The van der Waals surface area contributed by atoms with Crippen molar-refractivity contribution in [2.75, 3.05) is 22.9 Å². The minimum absolute atomic E-state index is 0.0341. The Labute approximate surface area is 186 Å². The highest BCUT2D eigenvalue weighted by Crippen LogP contribution is 2.28. The van der Waals surface area contributed by atoms with E-state index in [1.54, 1.807) is 12.4 Å². The molecule has 3 aromatic rings. The summed E-state index contributed by atoms with van der Waals surface area (Å²) in [7, 11) is 0. The van der Waals surface area contributed by atoms with Crippen LogP contribution in [0.1, 0.15) is 17.5 Å². The van der Waals surface area contributed by atoms with E-state index in [0.29, 0.717) is 12.0 Å². The number of aliphatic carboxylic acids is 1. The lowest BCUT2D eigenvalue weighted by Gasteiger charge is -2.24. The first kappa shape index (κ1) is 21.0. The molecule has 1 saturated heterocycles. The van der Waals surface area contributed by atoms with E-state index < -0.39 is 5.97 Å². The Bertz CT molecular complexity index is 1130. The van der Waals surface area contributed by atoms with Crippen molar-refractivity contribution < 1.29 is 9.90 Å². The molecule has 4 rings (SSSR count). The molecule has 1 aromatic heterocycles. The summed E-state index contributed by atoms with van der Waals surface area (Å²) in [6, 6.07) is 19.2. The van der Waals surface area contributed by atoms with Gasteiger partial charge in [0.25, 0.3) is 0 Å². The number of aliphatic imine (C=N–C) groups is 1. The van der Waals surface area contributed by atoms with E-state index in [2.05, 4.69) is 14.8 Å². The molecule has 2 aromatic carbocycles. The van der Waals surface area contributed by atoms with Gasteiger partial charge in [-0.25, -0.2) is 4.99 Å². The molecule has 8 nitrogen and oxygen atoms in total. The molecule has 2 heterocycles. The van der Waals surface area contributed by atoms with Crippen LogP contribution in [0.4, 0.5) is 17.1 Å². The lowest BCUT2D eigenvalue weighted by molar-refractivity contribution is -0.136. The Kier molecular flexibility index (Phi) is 6.12. The van der Waals surface area contributed by atoms with Gasteiger partial charge in [-0.2, -0.15) is 0 Å². The average molecular weight is 428 g/mol. The average Bonchev–Trinajstić information content (AvgIpc) is 3.22. The van der Waals surface area contributed by atoms with Crippen molar-refractivity contribution in [3.63, 3.8) is 0 Å². The van der Waals surface area contributed by atoms with Crippen molar-refractivity contribution in [1.82, 2.24) is 4.98 Å². The molecule has 0 unspecified atom stereocenters. The molecular weight excluding hydrogens is 404 g/mol. The second-order valence-corrected chi connectivity index (χ2v) is 7.45. The normalized spacial score (nSPS) is 14.7. The number of rotatable bonds is 7. The number of nitrogens with one attached hydrogen (secondary N) is 1. The highest BCUT2D eigenvalue weighted by Gasteiger charge is 2.29. The van der Waals surface area contributed by atoms with Crippen molar-refractivity contribution in [3.05, 3.63) is 84.2 Å². The summed E-state index contributed by atoms with van der Waals surface area (Å²) in [4.78, 5) is 24.1. The number of hydrogen-bond donors (Lipinski definition) is 3. The third-order valence-electron chi connectivity index (χ3n) is 5.27. The Hall–Kier alpha value is -4.20. The highest BCUT2D eigenvalue weighted by atomic mass is 16.4. The predicted octanol–water partition coefficient (Wildman–Crippen LogP) is 3.40. The van der Waals surface area contributed by atoms with Gasteiger partial charge in [-0.05, 0) is 60.5 Å². The van der Waals surface area contributed by atoms with Crippen molar-refractivity contribution in [3.8, 4) is 0 Å². The molecule has 0 atom stereocenters. The number of anilines is 2. The van der Waals surface area contributed by atoms with Gasteiger partial charge < -0.3 is 20.6 Å². The van der Waals surface area contributed by atoms with Crippen LogP contribution < -0.4 is 15.5 Å². The van der Waals surface area contributed by atoms with Crippen LogP contribution in [0.2, 0.25) is 0 Å². The fourth-order valence-corrected chi connectivity index (χ4v) is 3.61. The number of pyridine rings is 1. The number of aryl methyl sites for hydroxylation is 1. The predicted molar refractivity (Wildman–Crippen MR) is 126 cm³/mol. The summed E-state index contributed by atoms with van der Waals surface area (Å²) in [6.07, 6.45) is 4.04. The number of nitrogens with two attached hydrogens (primary N) is 1. The third-order valence-corrected chi connectivity index (χ3v) is 5.27. The van der Waals surface area contributed by atoms with Crippen LogP contribution in [-0.4, -0.2) is 40.9 Å². The van der Waals surface area contributed by atoms with E-state index in [9.17, 15) is 4.79 Å². The smallest absolute Gasteiger partial charge is 0.303 e. The van der Waals surface area contributed by atoms with Crippen molar-refractivity contribution >= 4 is 34.8 Å². The quantitative estimate of drug-likeness (QED) is 0.392. The van der Waals surface area contributed by atoms with E-state index in [1.165, 1.54) is 0 Å². The standard InChI is InChI=1S/C24H24N6O2/c25-23(26)18-6-10-21(11-7-18)30-15-14-29(24(30)28-19-2-1-13-27-16-19)20-8-3-17(4-9-20)5-12-22(31)32/h1-4,6-11,13,16H,5,12,14-15H2,(H3,25,26)(H,31,32)/b28-24+. The summed E-state index contributed by atoms with van der Waals surface area (Å²) >= 11 is 0. The van der Waals surface area contributed by atoms with Crippen LogP contribution in [0.15, 0.2) is 78.0 Å². The van der Waals surface area contributed by atoms with Gasteiger partial charge in [0.2, 0.25) is 5.96 Å². The Morgan fingerprint density at radius 3 is 2.19 bits per heavy atom. The van der Waals surface area contributed by atoms with Crippen LogP contribution in [0.5, 0.6) is 0 Å². The zero-order valence-electron chi connectivity index (χ0n) is 17.5. The molecule has 8 heteroatoms. The Morgan fingerprint density at radius 2 is 1.66 bits per heavy atom. The molecule has 4 N–H and O–H groups in total. The molecule has 0 amide bonds. The number of amidine groups is 1. The van der Waals surface area contributed by atoms with Gasteiger partial charge in [0.05, 0.1) is 11.9 Å². The third kappa shape index (κ3) is 4.75. The van der Waals surface area contributed by atoms with Crippen LogP contribution >= 0.6 is 0 Å². The van der Waals surface area contributed by atoms with E-state index in [0.717, 1.165) is 41.7 Å². The van der Waals surface area contributed by atoms with E-state index in [-0.39, 0.29) is 12.3 Å². The molecule has 0 radical (unpaired) electrons. The van der Waals surface area contributed by atoms with Crippen molar-refractivity contribution in [1.29, 1.82) is 5.41 Å². The number of aromatic nitrogens is 1. The molecule has 32 heavy (non-hydrogen) atoms. The number of carbonyl (C=O) groups is 1. The number of carboxylic acid groups (broad SMARTS) is 1. The fraction of sp³-hybridized carbons (Fsp3) is 0.167. The molecular formula is C24H24N6O2. The lowest BCUT2D eigenvalue weighted by Crippen LogP contribution is -2.33. The van der Waals surface area contributed by atoms with Crippen LogP contribution in [0, 0.1) is 5.41 Å². The number of nitrogens with zero attached hydrogens (tertiary/aromatic N) is 4. The van der Waals surface area contributed by atoms with E-state index in [1.807, 2.05) is 60.7 Å². The largest absolute Gasteiger partial charge is 0.481 e. The number of hydrogen-bond acceptors (Lipinski definition) is 4. The summed E-state index contributed by atoms with van der Waals surface area (Å²) < 4.78 is 0. The van der Waals surface area contributed by atoms with Gasteiger partial charge >= 0.3 is 5.97 Å². The summed E-state index contributed by atoms with van der Waals surface area (Å²) in [6.45, 7) is 1.47. The first-order chi connectivity index (χ1) is 15.5. The van der Waals surface area contributed by atoms with Gasteiger partial charge in [0.1, 0.15) is 5.84 Å². The topological polar surface area (TPSA) is 119 Å². The maximum absolute atomic E-state index is 10.8. The van der Waals surface area contributed by atoms with E-state index >= 15 is 0 Å². The minimum atomic E-state index is -0.800. The van der Waals surface area contributed by atoms with Crippen molar-refractivity contribution in [2.24, 2.45) is 10.7 Å². The molecule has 0 saturated carbocycles. The minimum Gasteiger partial charge on any atom is -0.481 e. The SMILES string of the molecule is N=C(N)c1ccc(N2CCN(c3ccc(CCC(=O)O)cc3)/C2=N\c2cccnc2)cc1. The molecule has 1 aliphatic heterocycles.